The van der Waals surface area contributed by atoms with Crippen LogP contribution in [-0.4, -0.2) is 31.3 Å². The van der Waals surface area contributed by atoms with Gasteiger partial charge in [-0.05, 0) is 37.0 Å². The second kappa shape index (κ2) is 5.85. The lowest BCUT2D eigenvalue weighted by Gasteiger charge is -2.32. The van der Waals surface area contributed by atoms with Gasteiger partial charge in [0.05, 0.1) is 12.2 Å². The Balaban J connectivity index is 1.81. The van der Waals surface area contributed by atoms with Crippen LogP contribution in [0.15, 0.2) is 18.2 Å². The number of hydrogen-bond donors (Lipinski definition) is 2. The Hall–Kier alpha value is -1.66. The molecule has 1 fully saturated rings. The molecule has 1 aliphatic carbocycles. The first-order valence-electron chi connectivity index (χ1n) is 7.72. The Bertz CT molecular complexity index is 581. The first kappa shape index (κ1) is 15.2. The van der Waals surface area contributed by atoms with Gasteiger partial charge in [0, 0.05) is 19.0 Å². The Kier molecular flexibility index (Phi) is 4.06. The van der Waals surface area contributed by atoms with Gasteiger partial charge in [0.2, 0.25) is 5.91 Å². The summed E-state index contributed by atoms with van der Waals surface area (Å²) in [4.78, 5) is 14.5. The van der Waals surface area contributed by atoms with Crippen molar-refractivity contribution in [3.8, 4) is 5.75 Å². The summed E-state index contributed by atoms with van der Waals surface area (Å²) >= 11 is 0. The van der Waals surface area contributed by atoms with Gasteiger partial charge < -0.3 is 21.1 Å². The van der Waals surface area contributed by atoms with Crippen molar-refractivity contribution in [2.75, 3.05) is 24.6 Å². The highest BCUT2D eigenvalue weighted by molar-refractivity contribution is 5.97. The van der Waals surface area contributed by atoms with Crippen molar-refractivity contribution in [2.45, 2.75) is 31.5 Å². The summed E-state index contributed by atoms with van der Waals surface area (Å²) in [5, 5.41) is 0. The van der Waals surface area contributed by atoms with Crippen LogP contribution in [0.3, 0.4) is 0 Å². The number of fused-ring (bicyclic) bond motifs is 1. The van der Waals surface area contributed by atoms with Gasteiger partial charge in [0.15, 0.2) is 0 Å². The molecular weight excluding hydrogens is 285 g/mol. The van der Waals surface area contributed by atoms with Crippen molar-refractivity contribution >= 4 is 11.6 Å². The van der Waals surface area contributed by atoms with E-state index in [4.69, 9.17) is 16.2 Å². The van der Waals surface area contributed by atoms with Crippen molar-refractivity contribution in [2.24, 2.45) is 17.4 Å². The molecule has 0 aromatic heterocycles. The largest absolute Gasteiger partial charge is 0.490 e. The molecule has 1 aliphatic heterocycles. The number of halogens is 1. The summed E-state index contributed by atoms with van der Waals surface area (Å²) < 4.78 is 19.9. The second-order valence-electron chi connectivity index (χ2n) is 6.14. The molecule has 0 bridgehead atoms. The second-order valence-corrected chi connectivity index (χ2v) is 6.14. The van der Waals surface area contributed by atoms with Crippen molar-refractivity contribution < 1.29 is 13.9 Å². The topological polar surface area (TPSA) is 81.6 Å². The van der Waals surface area contributed by atoms with Gasteiger partial charge in [-0.15, -0.1) is 0 Å². The minimum Gasteiger partial charge on any atom is -0.490 e. The van der Waals surface area contributed by atoms with E-state index in [0.717, 1.165) is 11.3 Å². The van der Waals surface area contributed by atoms with Gasteiger partial charge in [0.25, 0.3) is 0 Å². The Labute approximate surface area is 129 Å². The van der Waals surface area contributed by atoms with Gasteiger partial charge in [-0.1, -0.05) is 6.07 Å². The number of nitrogens with zero attached hydrogens (tertiary/aromatic N) is 1. The van der Waals surface area contributed by atoms with Crippen molar-refractivity contribution in [1.29, 1.82) is 0 Å². The van der Waals surface area contributed by atoms with Crippen LogP contribution in [0, 0.1) is 5.92 Å². The molecule has 1 heterocycles. The molecular formula is C16H22FN3O2. The minimum absolute atomic E-state index is 0.0175. The van der Waals surface area contributed by atoms with E-state index in [9.17, 15) is 9.18 Å². The van der Waals surface area contributed by atoms with Crippen molar-refractivity contribution in [3.05, 3.63) is 23.8 Å². The maximum Gasteiger partial charge on any atom is 0.230 e. The zero-order valence-electron chi connectivity index (χ0n) is 12.6. The summed E-state index contributed by atoms with van der Waals surface area (Å²) in [6.07, 6.45) is 1.14. The number of anilines is 1. The summed E-state index contributed by atoms with van der Waals surface area (Å²) in [7, 11) is 0. The molecule has 6 heteroatoms. The number of nitrogens with two attached hydrogens (primary N) is 2. The van der Waals surface area contributed by atoms with Crippen LogP contribution < -0.4 is 21.1 Å². The quantitative estimate of drug-likeness (QED) is 0.883. The number of amides is 1. The monoisotopic (exact) mass is 307 g/mol. The lowest BCUT2D eigenvalue weighted by molar-refractivity contribution is -0.122. The maximum absolute atomic E-state index is 14.3. The zero-order chi connectivity index (χ0) is 15.7. The number of benzene rings is 1. The van der Waals surface area contributed by atoms with Crippen LogP contribution in [-0.2, 0) is 11.3 Å². The highest BCUT2D eigenvalue weighted by atomic mass is 19.1. The molecule has 1 aromatic carbocycles. The SMILES string of the molecule is NCc1ccc2c(c1)OCCN2C(=O)[C@@H]1CC[C@](F)(CN)C1. The maximum atomic E-state index is 14.3. The summed E-state index contributed by atoms with van der Waals surface area (Å²) in [5.41, 5.74) is 11.4. The predicted molar refractivity (Wildman–Crippen MR) is 82.4 cm³/mol. The average Bonchev–Trinajstić information content (AvgIpc) is 2.96. The average molecular weight is 307 g/mol. The number of ether oxygens (including phenoxy) is 1. The number of rotatable bonds is 3. The standard InChI is InChI=1S/C16H22FN3O2/c17-16(10-19)4-3-12(8-16)15(21)20-5-6-22-14-7-11(9-18)1-2-13(14)20/h1-2,7,12H,3-6,8-10,18-19H2/t12-,16-/m1/s1. The number of carbonyl (C=O) groups is 1. The van der Waals surface area contributed by atoms with Gasteiger partial charge in [-0.2, -0.15) is 0 Å². The van der Waals surface area contributed by atoms with Gasteiger partial charge >= 0.3 is 0 Å². The van der Waals surface area contributed by atoms with E-state index < -0.39 is 5.67 Å². The molecule has 120 valence electrons. The molecule has 0 unspecified atom stereocenters. The smallest absolute Gasteiger partial charge is 0.230 e. The van der Waals surface area contributed by atoms with E-state index in [2.05, 4.69) is 0 Å². The molecule has 5 nitrogen and oxygen atoms in total. The molecule has 2 aliphatic rings. The van der Waals surface area contributed by atoms with Gasteiger partial charge in [0.1, 0.15) is 18.0 Å². The highest BCUT2D eigenvalue weighted by Gasteiger charge is 2.43. The van der Waals surface area contributed by atoms with Crippen molar-refractivity contribution in [3.63, 3.8) is 0 Å². The fraction of sp³-hybridized carbons (Fsp3) is 0.562. The fourth-order valence-electron chi connectivity index (χ4n) is 3.32. The zero-order valence-corrected chi connectivity index (χ0v) is 12.6. The van der Waals surface area contributed by atoms with Crippen LogP contribution in [0.1, 0.15) is 24.8 Å². The molecule has 22 heavy (non-hydrogen) atoms. The van der Waals surface area contributed by atoms with Crippen LogP contribution in [0.4, 0.5) is 10.1 Å². The third-order valence-electron chi connectivity index (χ3n) is 4.66. The van der Waals surface area contributed by atoms with Crippen LogP contribution in [0.2, 0.25) is 0 Å². The van der Waals surface area contributed by atoms with E-state index in [1.165, 1.54) is 0 Å². The number of hydrogen-bond acceptors (Lipinski definition) is 4. The molecule has 0 radical (unpaired) electrons. The summed E-state index contributed by atoms with van der Waals surface area (Å²) in [6, 6.07) is 5.61. The molecule has 1 aromatic rings. The van der Waals surface area contributed by atoms with E-state index in [1.54, 1.807) is 4.90 Å². The lowest BCUT2D eigenvalue weighted by atomic mass is 10.0. The first-order chi connectivity index (χ1) is 10.6. The van der Waals surface area contributed by atoms with Gasteiger partial charge in [-0.25, -0.2) is 4.39 Å². The van der Waals surface area contributed by atoms with E-state index >= 15 is 0 Å². The molecule has 2 atom stereocenters. The van der Waals surface area contributed by atoms with E-state index in [0.29, 0.717) is 38.3 Å². The molecule has 1 saturated carbocycles. The molecule has 0 spiro atoms. The van der Waals surface area contributed by atoms with Crippen LogP contribution in [0.5, 0.6) is 5.75 Å². The Morgan fingerprint density at radius 3 is 2.95 bits per heavy atom. The number of alkyl halides is 1. The minimum atomic E-state index is -1.39. The molecule has 0 saturated heterocycles. The normalized spacial score (nSPS) is 27.4. The molecule has 3 rings (SSSR count). The third kappa shape index (κ3) is 2.68. The predicted octanol–water partition coefficient (Wildman–Crippen LogP) is 1.34. The van der Waals surface area contributed by atoms with Crippen molar-refractivity contribution in [1.82, 2.24) is 0 Å². The lowest BCUT2D eigenvalue weighted by Crippen LogP contribution is -2.41. The number of carbonyl (C=O) groups excluding carboxylic acids is 1. The first-order valence-corrected chi connectivity index (χ1v) is 7.72. The van der Waals surface area contributed by atoms with Crippen LogP contribution >= 0.6 is 0 Å². The van der Waals surface area contributed by atoms with E-state index in [-0.39, 0.29) is 24.8 Å². The molecule has 1 amide bonds. The third-order valence-corrected chi connectivity index (χ3v) is 4.66. The fourth-order valence-corrected chi connectivity index (χ4v) is 3.32. The Morgan fingerprint density at radius 1 is 1.45 bits per heavy atom. The van der Waals surface area contributed by atoms with Crippen LogP contribution in [0.25, 0.3) is 0 Å². The molecule has 4 N–H and O–H groups in total. The summed E-state index contributed by atoms with van der Waals surface area (Å²) in [5.74, 6) is 0.345. The summed E-state index contributed by atoms with van der Waals surface area (Å²) in [6.45, 7) is 1.34. The highest BCUT2D eigenvalue weighted by Crippen LogP contribution is 2.40. The Morgan fingerprint density at radius 2 is 2.27 bits per heavy atom. The van der Waals surface area contributed by atoms with Gasteiger partial charge in [-0.3, -0.25) is 4.79 Å². The van der Waals surface area contributed by atoms with E-state index in [1.807, 2.05) is 18.2 Å².